The van der Waals surface area contributed by atoms with Gasteiger partial charge in [-0.05, 0) is 24.5 Å². The summed E-state index contributed by atoms with van der Waals surface area (Å²) >= 11 is 1.34. The molecular weight excluding hydrogens is 298 g/mol. The zero-order valence-corrected chi connectivity index (χ0v) is 13.6. The molecule has 2 aromatic rings. The zero-order valence-electron chi connectivity index (χ0n) is 12.8. The summed E-state index contributed by atoms with van der Waals surface area (Å²) in [6.07, 6.45) is 1.62. The van der Waals surface area contributed by atoms with Crippen LogP contribution in [0.2, 0.25) is 0 Å². The molecule has 0 bridgehead atoms. The van der Waals surface area contributed by atoms with Gasteiger partial charge in [0.2, 0.25) is 5.91 Å². The monoisotopic (exact) mass is 317 g/mol. The van der Waals surface area contributed by atoms with Gasteiger partial charge in [0.15, 0.2) is 5.13 Å². The molecule has 2 N–H and O–H groups in total. The average molecular weight is 317 g/mol. The van der Waals surface area contributed by atoms with Crippen LogP contribution in [-0.2, 0) is 4.79 Å². The number of rotatable bonds is 5. The third-order valence-corrected chi connectivity index (χ3v) is 3.98. The van der Waals surface area contributed by atoms with Gasteiger partial charge in [-0.1, -0.05) is 32.0 Å². The van der Waals surface area contributed by atoms with E-state index in [-0.39, 0.29) is 17.7 Å². The van der Waals surface area contributed by atoms with E-state index in [1.54, 1.807) is 17.6 Å². The second-order valence-electron chi connectivity index (χ2n) is 5.34. The van der Waals surface area contributed by atoms with Gasteiger partial charge in [-0.2, -0.15) is 0 Å². The number of nitrogens with one attached hydrogen (secondary N) is 2. The Hall–Kier alpha value is -2.21. The first-order chi connectivity index (χ1) is 10.5. The molecule has 2 rings (SSSR count). The maximum atomic E-state index is 12.4. The fraction of sp³-hybridized carbons (Fsp3) is 0.312. The number of hydrogen-bond donors (Lipinski definition) is 2. The smallest absolute Gasteiger partial charge is 0.252 e. The number of thiazole rings is 1. The minimum Gasteiger partial charge on any atom is -0.340 e. The Morgan fingerprint density at radius 1 is 1.23 bits per heavy atom. The largest absolute Gasteiger partial charge is 0.340 e. The summed E-state index contributed by atoms with van der Waals surface area (Å²) in [4.78, 5) is 28.8. The van der Waals surface area contributed by atoms with Gasteiger partial charge >= 0.3 is 0 Å². The second kappa shape index (κ2) is 7.17. The van der Waals surface area contributed by atoms with E-state index >= 15 is 0 Å². The van der Waals surface area contributed by atoms with E-state index in [1.165, 1.54) is 11.3 Å². The first-order valence-corrected chi connectivity index (χ1v) is 7.94. The Kier molecular flexibility index (Phi) is 5.27. The molecule has 5 nitrogen and oxygen atoms in total. The van der Waals surface area contributed by atoms with Crippen molar-refractivity contribution in [2.75, 3.05) is 5.32 Å². The lowest BCUT2D eigenvalue weighted by molar-refractivity contribution is -0.118. The molecule has 0 fully saturated rings. The van der Waals surface area contributed by atoms with Crippen LogP contribution in [0.3, 0.4) is 0 Å². The molecule has 1 unspecified atom stereocenters. The summed E-state index contributed by atoms with van der Waals surface area (Å²) in [5.41, 5.74) is 1.46. The highest BCUT2D eigenvalue weighted by molar-refractivity contribution is 7.13. The molecular formula is C16H19N3O2S. The standard InChI is InChI=1S/C16H19N3O2S/c1-10(2)13(15(21)19-16-17-8-9-22-16)18-14(20)12-7-5-4-6-11(12)3/h4-10,13H,1-3H3,(H,18,20)(H,17,19,21). The van der Waals surface area contributed by atoms with Crippen molar-refractivity contribution in [1.82, 2.24) is 10.3 Å². The molecule has 0 saturated carbocycles. The van der Waals surface area contributed by atoms with E-state index in [9.17, 15) is 9.59 Å². The number of nitrogens with zero attached hydrogens (tertiary/aromatic N) is 1. The molecule has 6 heteroatoms. The van der Waals surface area contributed by atoms with Crippen molar-refractivity contribution >= 4 is 28.3 Å². The van der Waals surface area contributed by atoms with Crippen LogP contribution in [0, 0.1) is 12.8 Å². The van der Waals surface area contributed by atoms with Gasteiger partial charge in [-0.25, -0.2) is 4.98 Å². The van der Waals surface area contributed by atoms with E-state index in [0.29, 0.717) is 10.7 Å². The van der Waals surface area contributed by atoms with Gasteiger partial charge in [0, 0.05) is 17.1 Å². The molecule has 0 aliphatic carbocycles. The number of carbonyl (C=O) groups excluding carboxylic acids is 2. The van der Waals surface area contributed by atoms with Crippen molar-refractivity contribution in [2.45, 2.75) is 26.8 Å². The quantitative estimate of drug-likeness (QED) is 0.891. The minimum atomic E-state index is -0.615. The Morgan fingerprint density at radius 3 is 2.55 bits per heavy atom. The van der Waals surface area contributed by atoms with Crippen molar-refractivity contribution in [3.05, 3.63) is 47.0 Å². The first-order valence-electron chi connectivity index (χ1n) is 7.06. The van der Waals surface area contributed by atoms with Crippen LogP contribution in [0.15, 0.2) is 35.8 Å². The highest BCUT2D eigenvalue weighted by atomic mass is 32.1. The van der Waals surface area contributed by atoms with Crippen LogP contribution in [0.4, 0.5) is 5.13 Å². The number of carbonyl (C=O) groups is 2. The number of amides is 2. The molecule has 1 atom stereocenters. The average Bonchev–Trinajstić information content (AvgIpc) is 2.97. The fourth-order valence-electron chi connectivity index (χ4n) is 2.05. The molecule has 0 aliphatic rings. The summed E-state index contributed by atoms with van der Waals surface area (Å²) in [6, 6.07) is 6.69. The minimum absolute atomic E-state index is 0.0343. The molecule has 22 heavy (non-hydrogen) atoms. The Balaban J connectivity index is 2.10. The highest BCUT2D eigenvalue weighted by Gasteiger charge is 2.25. The van der Waals surface area contributed by atoms with Crippen molar-refractivity contribution in [3.8, 4) is 0 Å². The number of benzene rings is 1. The van der Waals surface area contributed by atoms with Crippen LogP contribution in [0.5, 0.6) is 0 Å². The van der Waals surface area contributed by atoms with Crippen LogP contribution >= 0.6 is 11.3 Å². The maximum absolute atomic E-state index is 12.4. The number of anilines is 1. The molecule has 2 amide bonds. The lowest BCUT2D eigenvalue weighted by atomic mass is 10.0. The summed E-state index contributed by atoms with van der Waals surface area (Å²) in [7, 11) is 0. The van der Waals surface area contributed by atoms with E-state index in [4.69, 9.17) is 0 Å². The van der Waals surface area contributed by atoms with Crippen LogP contribution in [0.25, 0.3) is 0 Å². The Morgan fingerprint density at radius 2 is 1.95 bits per heavy atom. The highest BCUT2D eigenvalue weighted by Crippen LogP contribution is 2.14. The van der Waals surface area contributed by atoms with E-state index < -0.39 is 6.04 Å². The summed E-state index contributed by atoms with van der Waals surface area (Å²) < 4.78 is 0. The summed E-state index contributed by atoms with van der Waals surface area (Å²) in [5, 5.41) is 7.85. The maximum Gasteiger partial charge on any atom is 0.252 e. The lowest BCUT2D eigenvalue weighted by Gasteiger charge is -2.21. The third kappa shape index (κ3) is 3.92. The Bertz CT molecular complexity index is 653. The SMILES string of the molecule is Cc1ccccc1C(=O)NC(C(=O)Nc1nccs1)C(C)C. The number of hydrogen-bond acceptors (Lipinski definition) is 4. The van der Waals surface area contributed by atoms with Crippen LogP contribution < -0.4 is 10.6 Å². The van der Waals surface area contributed by atoms with E-state index in [2.05, 4.69) is 15.6 Å². The molecule has 0 radical (unpaired) electrons. The second-order valence-corrected chi connectivity index (χ2v) is 6.23. The molecule has 1 aromatic heterocycles. The molecule has 0 spiro atoms. The molecule has 1 heterocycles. The van der Waals surface area contributed by atoms with E-state index in [1.807, 2.05) is 39.0 Å². The first kappa shape index (κ1) is 16.2. The molecule has 116 valence electrons. The number of aromatic nitrogens is 1. The van der Waals surface area contributed by atoms with Crippen LogP contribution in [0.1, 0.15) is 29.8 Å². The van der Waals surface area contributed by atoms with Crippen molar-refractivity contribution in [2.24, 2.45) is 5.92 Å². The topological polar surface area (TPSA) is 71.1 Å². The van der Waals surface area contributed by atoms with Gasteiger partial charge in [-0.3, -0.25) is 9.59 Å². The fourth-order valence-corrected chi connectivity index (χ4v) is 2.58. The van der Waals surface area contributed by atoms with Gasteiger partial charge in [0.1, 0.15) is 6.04 Å². The zero-order chi connectivity index (χ0) is 16.1. The summed E-state index contributed by atoms with van der Waals surface area (Å²) in [5.74, 6) is -0.536. The number of aryl methyl sites for hydroxylation is 1. The molecule has 0 aliphatic heterocycles. The van der Waals surface area contributed by atoms with Crippen molar-refractivity contribution in [3.63, 3.8) is 0 Å². The Labute approximate surface area is 133 Å². The molecule has 1 aromatic carbocycles. The van der Waals surface area contributed by atoms with Gasteiger partial charge in [-0.15, -0.1) is 11.3 Å². The lowest BCUT2D eigenvalue weighted by Crippen LogP contribution is -2.47. The molecule has 0 saturated heterocycles. The normalized spacial score (nSPS) is 12.0. The van der Waals surface area contributed by atoms with Gasteiger partial charge in [0.25, 0.3) is 5.91 Å². The van der Waals surface area contributed by atoms with Crippen molar-refractivity contribution in [1.29, 1.82) is 0 Å². The van der Waals surface area contributed by atoms with Gasteiger partial charge < -0.3 is 10.6 Å². The van der Waals surface area contributed by atoms with Gasteiger partial charge in [0.05, 0.1) is 0 Å². The predicted octanol–water partition coefficient (Wildman–Crippen LogP) is 2.84. The third-order valence-electron chi connectivity index (χ3n) is 3.29. The van der Waals surface area contributed by atoms with E-state index in [0.717, 1.165) is 5.56 Å². The predicted molar refractivity (Wildman–Crippen MR) is 88.0 cm³/mol. The van der Waals surface area contributed by atoms with Crippen LogP contribution in [-0.4, -0.2) is 22.8 Å². The summed E-state index contributed by atoms with van der Waals surface area (Å²) in [6.45, 7) is 5.66. The van der Waals surface area contributed by atoms with Crippen molar-refractivity contribution < 1.29 is 9.59 Å².